The summed E-state index contributed by atoms with van der Waals surface area (Å²) in [7, 11) is 0.234. The Morgan fingerprint density at radius 3 is 2.21 bits per heavy atom. The molecular formula is C24H25ClN2O6S. The van der Waals surface area contributed by atoms with Crippen LogP contribution in [0.2, 0.25) is 5.02 Å². The molecule has 0 fully saturated rings. The first-order valence-electron chi connectivity index (χ1n) is 10.2. The number of nitrogens with one attached hydrogen (secondary N) is 1. The van der Waals surface area contributed by atoms with Crippen LogP contribution in [0.25, 0.3) is 0 Å². The van der Waals surface area contributed by atoms with Crippen molar-refractivity contribution in [1.82, 2.24) is 5.32 Å². The molecule has 1 amide bonds. The molecule has 0 aliphatic carbocycles. The van der Waals surface area contributed by atoms with Crippen molar-refractivity contribution in [3.05, 3.63) is 77.3 Å². The largest absolute Gasteiger partial charge is 0.497 e. The molecule has 0 radical (unpaired) electrons. The highest BCUT2D eigenvalue weighted by molar-refractivity contribution is 7.92. The molecule has 3 aromatic rings. The Hall–Kier alpha value is -3.43. The van der Waals surface area contributed by atoms with Crippen molar-refractivity contribution in [3.63, 3.8) is 0 Å². The van der Waals surface area contributed by atoms with Crippen LogP contribution in [0, 0.1) is 0 Å². The van der Waals surface area contributed by atoms with Gasteiger partial charge in [0, 0.05) is 17.6 Å². The Morgan fingerprint density at radius 2 is 1.59 bits per heavy atom. The quantitative estimate of drug-likeness (QED) is 0.450. The molecule has 0 atom stereocenters. The monoisotopic (exact) mass is 504 g/mol. The van der Waals surface area contributed by atoms with Crippen LogP contribution in [0.3, 0.4) is 0 Å². The van der Waals surface area contributed by atoms with Gasteiger partial charge < -0.3 is 19.5 Å². The zero-order chi connectivity index (χ0) is 24.7. The lowest BCUT2D eigenvalue weighted by Gasteiger charge is -2.24. The number of rotatable bonds is 10. The highest BCUT2D eigenvalue weighted by atomic mass is 35.5. The first-order chi connectivity index (χ1) is 16.3. The van der Waals surface area contributed by atoms with Crippen LogP contribution in [0.4, 0.5) is 5.69 Å². The minimum atomic E-state index is -4.15. The molecular weight excluding hydrogens is 480 g/mol. The van der Waals surface area contributed by atoms with Gasteiger partial charge in [0.1, 0.15) is 12.3 Å². The molecule has 0 aliphatic rings. The molecule has 180 valence electrons. The molecule has 8 nitrogen and oxygen atoms in total. The number of halogens is 1. The second-order valence-electron chi connectivity index (χ2n) is 7.09. The molecule has 34 heavy (non-hydrogen) atoms. The molecule has 3 rings (SSSR count). The second kappa shape index (κ2) is 11.1. The van der Waals surface area contributed by atoms with Crippen molar-refractivity contribution >= 4 is 33.2 Å². The maximum absolute atomic E-state index is 13.6. The number of anilines is 1. The van der Waals surface area contributed by atoms with Gasteiger partial charge in [0.2, 0.25) is 5.91 Å². The fourth-order valence-corrected chi connectivity index (χ4v) is 4.83. The van der Waals surface area contributed by atoms with Crippen molar-refractivity contribution in [2.24, 2.45) is 0 Å². The van der Waals surface area contributed by atoms with Crippen molar-refractivity contribution in [2.75, 3.05) is 32.2 Å². The van der Waals surface area contributed by atoms with Gasteiger partial charge in [0.05, 0.1) is 31.9 Å². The number of carbonyl (C=O) groups excluding carboxylic acids is 1. The molecule has 0 saturated heterocycles. The molecule has 0 bridgehead atoms. The van der Waals surface area contributed by atoms with Crippen LogP contribution >= 0.6 is 11.6 Å². The van der Waals surface area contributed by atoms with E-state index in [1.807, 2.05) is 0 Å². The van der Waals surface area contributed by atoms with Crippen LogP contribution in [0.15, 0.2) is 71.6 Å². The number of hydrogen-bond acceptors (Lipinski definition) is 6. The second-order valence-corrected chi connectivity index (χ2v) is 9.36. The third kappa shape index (κ3) is 5.73. The van der Waals surface area contributed by atoms with E-state index in [0.717, 1.165) is 9.87 Å². The fraction of sp³-hybridized carbons (Fsp3) is 0.208. The van der Waals surface area contributed by atoms with Gasteiger partial charge in [-0.3, -0.25) is 9.10 Å². The molecule has 0 saturated carbocycles. The van der Waals surface area contributed by atoms with E-state index in [4.69, 9.17) is 25.8 Å². The summed E-state index contributed by atoms with van der Waals surface area (Å²) in [5.74, 6) is 0.687. The smallest absolute Gasteiger partial charge is 0.264 e. The molecule has 3 aromatic carbocycles. The summed E-state index contributed by atoms with van der Waals surface area (Å²) in [4.78, 5) is 12.8. The highest BCUT2D eigenvalue weighted by Gasteiger charge is 2.28. The highest BCUT2D eigenvalue weighted by Crippen LogP contribution is 2.32. The Bertz CT molecular complexity index is 1250. The van der Waals surface area contributed by atoms with E-state index >= 15 is 0 Å². The number of nitrogens with zero attached hydrogens (tertiary/aromatic N) is 1. The van der Waals surface area contributed by atoms with Gasteiger partial charge >= 0.3 is 0 Å². The molecule has 0 aliphatic heterocycles. The van der Waals surface area contributed by atoms with E-state index in [2.05, 4.69) is 5.32 Å². The van der Waals surface area contributed by atoms with E-state index in [1.54, 1.807) is 48.5 Å². The Kier molecular flexibility index (Phi) is 8.25. The van der Waals surface area contributed by atoms with Crippen molar-refractivity contribution < 1.29 is 27.4 Å². The van der Waals surface area contributed by atoms with Crippen molar-refractivity contribution in [2.45, 2.75) is 11.4 Å². The topological polar surface area (TPSA) is 94.2 Å². The van der Waals surface area contributed by atoms with Crippen LogP contribution < -0.4 is 23.8 Å². The van der Waals surface area contributed by atoms with Gasteiger partial charge in [-0.25, -0.2) is 8.42 Å². The van der Waals surface area contributed by atoms with Gasteiger partial charge in [-0.1, -0.05) is 29.8 Å². The van der Waals surface area contributed by atoms with Gasteiger partial charge in [-0.15, -0.1) is 0 Å². The minimum Gasteiger partial charge on any atom is -0.497 e. The standard InChI is InChI=1S/C24H25ClN2O6S/c1-31-19-10-8-18(9-11-19)27(16-24(28)26-15-17-6-4-5-7-21(17)25)34(29,30)20-12-13-22(32-2)23(14-20)33-3/h4-14H,15-16H2,1-3H3,(H,26,28). The van der Waals surface area contributed by atoms with Crippen LogP contribution in [-0.2, 0) is 21.4 Å². The van der Waals surface area contributed by atoms with E-state index in [9.17, 15) is 13.2 Å². The minimum absolute atomic E-state index is 0.0557. The van der Waals surface area contributed by atoms with Gasteiger partial charge in [0.15, 0.2) is 11.5 Å². The van der Waals surface area contributed by atoms with E-state index in [0.29, 0.717) is 22.2 Å². The maximum atomic E-state index is 13.6. The van der Waals surface area contributed by atoms with E-state index in [-0.39, 0.29) is 17.2 Å². The Balaban J connectivity index is 1.93. The number of sulfonamides is 1. The maximum Gasteiger partial charge on any atom is 0.264 e. The SMILES string of the molecule is COc1ccc(N(CC(=O)NCc2ccccc2Cl)S(=O)(=O)c2ccc(OC)c(OC)c2)cc1. The summed E-state index contributed by atoms with van der Waals surface area (Å²) in [5, 5.41) is 3.24. The number of ether oxygens (including phenoxy) is 3. The summed E-state index contributed by atoms with van der Waals surface area (Å²) in [6.07, 6.45) is 0. The lowest BCUT2D eigenvalue weighted by atomic mass is 10.2. The number of hydrogen-bond donors (Lipinski definition) is 1. The number of methoxy groups -OCH3 is 3. The number of amides is 1. The molecule has 0 heterocycles. The van der Waals surface area contributed by atoms with E-state index in [1.165, 1.54) is 39.5 Å². The third-order valence-corrected chi connectivity index (χ3v) is 7.16. The Morgan fingerprint density at radius 1 is 0.912 bits per heavy atom. The normalized spacial score (nSPS) is 10.9. The van der Waals surface area contributed by atoms with Crippen LogP contribution in [0.1, 0.15) is 5.56 Å². The third-order valence-electron chi connectivity index (χ3n) is 5.02. The molecule has 1 N–H and O–H groups in total. The van der Waals surface area contributed by atoms with Crippen LogP contribution in [0.5, 0.6) is 17.2 Å². The number of carbonyl (C=O) groups is 1. The first kappa shape index (κ1) is 25.2. The summed E-state index contributed by atoms with van der Waals surface area (Å²) in [5.41, 5.74) is 1.01. The molecule has 0 unspecified atom stereocenters. The van der Waals surface area contributed by atoms with Crippen LogP contribution in [-0.4, -0.2) is 42.2 Å². The first-order valence-corrected chi connectivity index (χ1v) is 12.0. The lowest BCUT2D eigenvalue weighted by molar-refractivity contribution is -0.119. The van der Waals surface area contributed by atoms with E-state index < -0.39 is 22.5 Å². The summed E-state index contributed by atoms with van der Waals surface area (Å²) >= 11 is 6.15. The predicted molar refractivity (Wildman–Crippen MR) is 130 cm³/mol. The summed E-state index contributed by atoms with van der Waals surface area (Å²) in [6, 6.07) is 17.7. The average Bonchev–Trinajstić information content (AvgIpc) is 2.86. The predicted octanol–water partition coefficient (Wildman–Crippen LogP) is 3.88. The van der Waals surface area contributed by atoms with Gasteiger partial charge in [-0.2, -0.15) is 0 Å². The number of benzene rings is 3. The summed E-state index contributed by atoms with van der Waals surface area (Å²) < 4.78 is 43.9. The zero-order valence-corrected chi connectivity index (χ0v) is 20.5. The van der Waals surface area contributed by atoms with Gasteiger partial charge in [-0.05, 0) is 48.0 Å². The molecule has 0 spiro atoms. The summed E-state index contributed by atoms with van der Waals surface area (Å²) in [6.45, 7) is -0.293. The fourth-order valence-electron chi connectivity index (χ4n) is 3.19. The van der Waals surface area contributed by atoms with Gasteiger partial charge in [0.25, 0.3) is 10.0 Å². The van der Waals surface area contributed by atoms with Crippen molar-refractivity contribution in [3.8, 4) is 17.2 Å². The molecule has 0 aromatic heterocycles. The average molecular weight is 505 g/mol. The Labute approximate surface area is 204 Å². The van der Waals surface area contributed by atoms with Crippen molar-refractivity contribution in [1.29, 1.82) is 0 Å². The molecule has 10 heteroatoms. The lowest BCUT2D eigenvalue weighted by Crippen LogP contribution is -2.40. The zero-order valence-electron chi connectivity index (χ0n) is 18.9.